The molecule has 0 atom stereocenters. The van der Waals surface area contributed by atoms with Crippen molar-refractivity contribution in [2.75, 3.05) is 11.9 Å². The number of hydrogen-bond acceptors (Lipinski definition) is 6. The van der Waals surface area contributed by atoms with Gasteiger partial charge in [-0.05, 0) is 61.2 Å². The van der Waals surface area contributed by atoms with Crippen molar-refractivity contribution in [3.05, 3.63) is 101 Å². The Kier molecular flexibility index (Phi) is 8.01. The number of nitrogens with one attached hydrogen (secondary N) is 1. The topological polar surface area (TPSA) is 105 Å². The highest BCUT2D eigenvalue weighted by molar-refractivity contribution is 7.87. The first-order chi connectivity index (χ1) is 18.2. The fourth-order valence-corrected chi connectivity index (χ4v) is 4.98. The van der Waals surface area contributed by atoms with Crippen LogP contribution in [0.3, 0.4) is 0 Å². The average molecular weight is 547 g/mol. The van der Waals surface area contributed by atoms with Crippen molar-refractivity contribution in [2.45, 2.75) is 18.7 Å². The highest BCUT2D eigenvalue weighted by Gasteiger charge is 2.23. The van der Waals surface area contributed by atoms with Gasteiger partial charge in [0.2, 0.25) is 5.75 Å². The van der Waals surface area contributed by atoms with Gasteiger partial charge in [-0.2, -0.15) is 13.7 Å². The van der Waals surface area contributed by atoms with Gasteiger partial charge in [-0.25, -0.2) is 0 Å². The Bertz CT molecular complexity index is 1690. The summed E-state index contributed by atoms with van der Waals surface area (Å²) in [5.41, 5.74) is 1.62. The first-order valence-electron chi connectivity index (χ1n) is 11.6. The van der Waals surface area contributed by atoms with Crippen LogP contribution in [0.4, 0.5) is 5.69 Å². The molecule has 1 amide bonds. The summed E-state index contributed by atoms with van der Waals surface area (Å²) in [4.78, 5) is 12.9. The maximum absolute atomic E-state index is 13.0. The van der Waals surface area contributed by atoms with Crippen LogP contribution in [0.25, 0.3) is 16.8 Å². The molecule has 4 rings (SSSR count). The number of rotatable bonds is 8. The molecule has 0 aliphatic heterocycles. The zero-order valence-corrected chi connectivity index (χ0v) is 22.1. The lowest BCUT2D eigenvalue weighted by Crippen LogP contribution is -2.13. The highest BCUT2D eigenvalue weighted by Crippen LogP contribution is 2.39. The van der Waals surface area contributed by atoms with Crippen molar-refractivity contribution in [2.24, 2.45) is 0 Å². The van der Waals surface area contributed by atoms with Gasteiger partial charge in [-0.15, -0.1) is 0 Å². The van der Waals surface area contributed by atoms with E-state index in [9.17, 15) is 18.5 Å². The van der Waals surface area contributed by atoms with Crippen LogP contribution in [0.1, 0.15) is 18.1 Å². The number of aryl methyl sites for hydroxylation is 1. The molecule has 192 valence electrons. The molecule has 0 saturated carbocycles. The lowest BCUT2D eigenvalue weighted by molar-refractivity contribution is -0.112. The predicted molar refractivity (Wildman–Crippen MR) is 148 cm³/mol. The summed E-state index contributed by atoms with van der Waals surface area (Å²) >= 11 is 6.41. The van der Waals surface area contributed by atoms with E-state index in [4.69, 9.17) is 20.5 Å². The monoisotopic (exact) mass is 546 g/mol. The number of halogens is 1. The summed E-state index contributed by atoms with van der Waals surface area (Å²) in [5, 5.41) is 14.2. The van der Waals surface area contributed by atoms with Crippen molar-refractivity contribution in [3.63, 3.8) is 0 Å². The maximum Gasteiger partial charge on any atom is 0.339 e. The van der Waals surface area contributed by atoms with Gasteiger partial charge in [-0.1, -0.05) is 65.7 Å². The molecule has 4 aromatic carbocycles. The number of hydrogen-bond donors (Lipinski definition) is 1. The summed E-state index contributed by atoms with van der Waals surface area (Å²) in [6.45, 7) is 3.75. The molecule has 0 unspecified atom stereocenters. The Morgan fingerprint density at radius 3 is 2.47 bits per heavy atom. The fraction of sp³-hybridized carbons (Fsp3) is 0.103. The third-order valence-corrected chi connectivity index (χ3v) is 7.06. The minimum atomic E-state index is -4.20. The second-order valence-electron chi connectivity index (χ2n) is 8.26. The largest absolute Gasteiger partial charge is 0.490 e. The van der Waals surface area contributed by atoms with Crippen molar-refractivity contribution >= 4 is 50.2 Å². The Balaban J connectivity index is 1.65. The first-order valence-corrected chi connectivity index (χ1v) is 13.4. The van der Waals surface area contributed by atoms with Gasteiger partial charge < -0.3 is 14.2 Å². The molecule has 0 spiro atoms. The number of nitriles is 1. The number of fused-ring (bicyclic) bond motifs is 1. The van der Waals surface area contributed by atoms with Crippen LogP contribution in [-0.4, -0.2) is 20.9 Å². The molecular weight excluding hydrogens is 524 g/mol. The third-order valence-electron chi connectivity index (χ3n) is 5.55. The molecule has 9 heteroatoms. The van der Waals surface area contributed by atoms with Crippen LogP contribution in [0, 0.1) is 18.3 Å². The fourth-order valence-electron chi connectivity index (χ4n) is 3.72. The van der Waals surface area contributed by atoms with Crippen molar-refractivity contribution in [3.8, 4) is 17.6 Å². The maximum atomic E-state index is 13.0. The van der Waals surface area contributed by atoms with Crippen molar-refractivity contribution < 1.29 is 22.1 Å². The molecule has 0 saturated heterocycles. The molecule has 1 N–H and O–H groups in total. The van der Waals surface area contributed by atoms with E-state index in [1.807, 2.05) is 49.4 Å². The van der Waals surface area contributed by atoms with Gasteiger partial charge in [0.1, 0.15) is 16.5 Å². The summed E-state index contributed by atoms with van der Waals surface area (Å²) in [7, 11) is -4.20. The second kappa shape index (κ2) is 11.4. The predicted octanol–water partition coefficient (Wildman–Crippen LogP) is 6.51. The van der Waals surface area contributed by atoms with Gasteiger partial charge in [-0.3, -0.25) is 4.79 Å². The molecule has 0 radical (unpaired) electrons. The summed E-state index contributed by atoms with van der Waals surface area (Å²) < 4.78 is 36.6. The summed E-state index contributed by atoms with van der Waals surface area (Å²) in [5.74, 6) is -0.751. The summed E-state index contributed by atoms with van der Waals surface area (Å²) in [6, 6.07) is 24.0. The van der Waals surface area contributed by atoms with Crippen LogP contribution < -0.4 is 14.2 Å². The zero-order valence-electron chi connectivity index (χ0n) is 20.6. The smallest absolute Gasteiger partial charge is 0.339 e. The molecule has 0 fully saturated rings. The van der Waals surface area contributed by atoms with Crippen LogP contribution in [0.5, 0.6) is 11.5 Å². The van der Waals surface area contributed by atoms with E-state index < -0.39 is 16.0 Å². The van der Waals surface area contributed by atoms with Crippen LogP contribution >= 0.6 is 11.6 Å². The molecule has 0 aromatic heterocycles. The molecule has 0 heterocycles. The van der Waals surface area contributed by atoms with E-state index in [1.54, 1.807) is 25.1 Å². The lowest BCUT2D eigenvalue weighted by atomic mass is 10.1. The van der Waals surface area contributed by atoms with Gasteiger partial charge >= 0.3 is 10.1 Å². The van der Waals surface area contributed by atoms with E-state index in [-0.39, 0.29) is 33.6 Å². The number of carbonyl (C=O) groups is 1. The standard InChI is InChI=1S/C29H23ClN2O5S/c1-3-36-27-17-20(16-25(30)28(27)37-38(34,35)23-13-11-19(2)12-14-23)15-22(18-31)29(33)32-26-10-6-8-21-7-4-5-9-24(21)26/h4-17H,3H2,1-2H3,(H,32,33)/b22-15+. The average Bonchev–Trinajstić information content (AvgIpc) is 2.90. The molecule has 38 heavy (non-hydrogen) atoms. The van der Waals surface area contributed by atoms with Crippen LogP contribution in [0.15, 0.2) is 89.3 Å². The number of benzene rings is 4. The SMILES string of the molecule is CCOc1cc(/C=C(\C#N)C(=O)Nc2cccc3ccccc23)cc(Cl)c1OS(=O)(=O)c1ccc(C)cc1. The lowest BCUT2D eigenvalue weighted by Gasteiger charge is -2.14. The zero-order chi connectivity index (χ0) is 27.3. The highest BCUT2D eigenvalue weighted by atomic mass is 35.5. The van der Waals surface area contributed by atoms with E-state index in [0.717, 1.165) is 16.3 Å². The van der Waals surface area contributed by atoms with Crippen LogP contribution in [-0.2, 0) is 14.9 Å². The Labute approximate surface area is 226 Å². The molecule has 0 aliphatic carbocycles. The van der Waals surface area contributed by atoms with Crippen molar-refractivity contribution in [1.82, 2.24) is 0 Å². The number of nitrogens with zero attached hydrogens (tertiary/aromatic N) is 1. The van der Waals surface area contributed by atoms with Crippen molar-refractivity contribution in [1.29, 1.82) is 5.26 Å². The molecule has 4 aromatic rings. The minimum Gasteiger partial charge on any atom is -0.490 e. The van der Waals surface area contributed by atoms with E-state index in [1.165, 1.54) is 30.3 Å². The molecule has 0 bridgehead atoms. The van der Waals surface area contributed by atoms with Gasteiger partial charge in [0.25, 0.3) is 5.91 Å². The normalized spacial score (nSPS) is 11.6. The summed E-state index contributed by atoms with van der Waals surface area (Å²) in [6.07, 6.45) is 1.34. The number of amides is 1. The Morgan fingerprint density at radius 1 is 1.05 bits per heavy atom. The molecule has 0 aliphatic rings. The quantitative estimate of drug-likeness (QED) is 0.153. The van der Waals surface area contributed by atoms with E-state index >= 15 is 0 Å². The van der Waals surface area contributed by atoms with Gasteiger partial charge in [0.15, 0.2) is 5.75 Å². The van der Waals surface area contributed by atoms with Gasteiger partial charge in [0.05, 0.1) is 11.6 Å². The Morgan fingerprint density at radius 2 is 1.76 bits per heavy atom. The number of carbonyl (C=O) groups excluding carboxylic acids is 1. The van der Waals surface area contributed by atoms with E-state index in [2.05, 4.69) is 5.32 Å². The number of anilines is 1. The third kappa shape index (κ3) is 5.97. The van der Waals surface area contributed by atoms with Crippen LogP contribution in [0.2, 0.25) is 5.02 Å². The van der Waals surface area contributed by atoms with Gasteiger partial charge in [0, 0.05) is 11.1 Å². The van der Waals surface area contributed by atoms with E-state index in [0.29, 0.717) is 11.3 Å². The second-order valence-corrected chi connectivity index (χ2v) is 10.2. The molecule has 7 nitrogen and oxygen atoms in total. The molecular formula is C29H23ClN2O5S. The Hall–Kier alpha value is -4.32. The number of ether oxygens (including phenoxy) is 1. The first kappa shape index (κ1) is 26.7. The minimum absolute atomic E-state index is 0.0394.